The monoisotopic (exact) mass is 186 g/mol. The molecule has 2 unspecified atom stereocenters. The van der Waals surface area contributed by atoms with Gasteiger partial charge in [-0.15, -0.1) is 0 Å². The predicted molar refractivity (Wildman–Crippen MR) is 50.2 cm³/mol. The molecule has 0 aromatic carbocycles. The minimum atomic E-state index is 0.0299. The van der Waals surface area contributed by atoms with Crippen LogP contribution in [-0.2, 0) is 9.53 Å². The smallest absolute Gasteiger partial charge is 0.224 e. The van der Waals surface area contributed by atoms with E-state index in [1.807, 2.05) is 4.90 Å². The van der Waals surface area contributed by atoms with Crippen LogP contribution in [0.4, 0.5) is 0 Å². The lowest BCUT2D eigenvalue weighted by molar-refractivity contribution is -0.128. The number of rotatable bonds is 4. The van der Waals surface area contributed by atoms with Gasteiger partial charge in [-0.25, -0.2) is 0 Å². The maximum atomic E-state index is 11.3. The highest BCUT2D eigenvalue weighted by Gasteiger charge is 2.27. The van der Waals surface area contributed by atoms with E-state index in [4.69, 9.17) is 10.5 Å². The van der Waals surface area contributed by atoms with Crippen molar-refractivity contribution in [1.29, 1.82) is 0 Å². The Kier molecular flexibility index (Phi) is 3.69. The van der Waals surface area contributed by atoms with Crippen LogP contribution < -0.4 is 5.73 Å². The van der Waals surface area contributed by atoms with E-state index in [1.54, 1.807) is 7.11 Å². The van der Waals surface area contributed by atoms with Crippen LogP contribution in [0.15, 0.2) is 0 Å². The normalized spacial score (nSPS) is 25.3. The van der Waals surface area contributed by atoms with Crippen LogP contribution in [0, 0.1) is 5.92 Å². The van der Waals surface area contributed by atoms with Gasteiger partial charge in [0.1, 0.15) is 0 Å². The summed E-state index contributed by atoms with van der Waals surface area (Å²) in [5, 5.41) is 0. The van der Waals surface area contributed by atoms with Gasteiger partial charge in [0.25, 0.3) is 0 Å². The van der Waals surface area contributed by atoms with E-state index >= 15 is 0 Å². The summed E-state index contributed by atoms with van der Waals surface area (Å²) in [7, 11) is 1.67. The van der Waals surface area contributed by atoms with E-state index in [1.165, 1.54) is 0 Å². The Morgan fingerprint density at radius 3 is 2.92 bits per heavy atom. The summed E-state index contributed by atoms with van der Waals surface area (Å²) >= 11 is 0. The number of ether oxygens (including phenoxy) is 1. The largest absolute Gasteiger partial charge is 0.384 e. The third-order valence-electron chi connectivity index (χ3n) is 2.23. The maximum Gasteiger partial charge on any atom is 0.224 e. The third-order valence-corrected chi connectivity index (χ3v) is 2.23. The molecule has 0 aromatic rings. The minimum Gasteiger partial charge on any atom is -0.384 e. The number of carbonyl (C=O) groups excluding carboxylic acids is 1. The number of amides is 1. The number of nitrogens with zero attached hydrogens (tertiary/aromatic N) is 1. The molecule has 0 spiro atoms. The van der Waals surface area contributed by atoms with Gasteiger partial charge >= 0.3 is 0 Å². The Bertz CT molecular complexity index is 184. The molecular weight excluding hydrogens is 168 g/mol. The van der Waals surface area contributed by atoms with Crippen molar-refractivity contribution >= 4 is 5.91 Å². The third kappa shape index (κ3) is 2.97. The van der Waals surface area contributed by atoms with Crippen molar-refractivity contribution in [3.8, 4) is 0 Å². The summed E-state index contributed by atoms with van der Waals surface area (Å²) in [5.41, 5.74) is 5.67. The summed E-state index contributed by atoms with van der Waals surface area (Å²) in [6, 6.07) is 0.0299. The first-order chi connectivity index (χ1) is 6.13. The van der Waals surface area contributed by atoms with Gasteiger partial charge in [0, 0.05) is 32.7 Å². The van der Waals surface area contributed by atoms with Gasteiger partial charge < -0.3 is 15.4 Å². The molecule has 0 bridgehead atoms. The number of nitrogens with two attached hydrogens (primary N) is 1. The first-order valence-electron chi connectivity index (χ1n) is 4.65. The van der Waals surface area contributed by atoms with Crippen molar-refractivity contribution in [3.05, 3.63) is 0 Å². The van der Waals surface area contributed by atoms with Gasteiger partial charge in [0.2, 0.25) is 5.91 Å². The van der Waals surface area contributed by atoms with E-state index in [0.717, 1.165) is 6.54 Å². The molecule has 2 atom stereocenters. The minimum absolute atomic E-state index is 0.0299. The van der Waals surface area contributed by atoms with Crippen LogP contribution in [0.2, 0.25) is 0 Å². The molecule has 13 heavy (non-hydrogen) atoms. The van der Waals surface area contributed by atoms with Crippen LogP contribution in [0.3, 0.4) is 0 Å². The lowest BCUT2D eigenvalue weighted by Gasteiger charge is -2.20. The molecule has 1 amide bonds. The number of carbonyl (C=O) groups is 1. The van der Waals surface area contributed by atoms with E-state index < -0.39 is 0 Å². The van der Waals surface area contributed by atoms with E-state index in [2.05, 4.69) is 6.92 Å². The van der Waals surface area contributed by atoms with Crippen LogP contribution in [-0.4, -0.2) is 43.7 Å². The Morgan fingerprint density at radius 1 is 1.77 bits per heavy atom. The molecule has 4 nitrogen and oxygen atoms in total. The molecule has 2 N–H and O–H groups in total. The van der Waals surface area contributed by atoms with Crippen LogP contribution in [0.1, 0.15) is 13.3 Å². The topological polar surface area (TPSA) is 55.6 Å². The fraction of sp³-hybridized carbons (Fsp3) is 0.889. The summed E-state index contributed by atoms with van der Waals surface area (Å²) < 4.78 is 5.01. The number of hydrogen-bond acceptors (Lipinski definition) is 3. The summed E-state index contributed by atoms with van der Waals surface area (Å²) in [6.07, 6.45) is 0.500. The molecule has 1 saturated heterocycles. The van der Waals surface area contributed by atoms with Gasteiger partial charge in [-0.05, 0) is 5.92 Å². The first kappa shape index (κ1) is 10.5. The molecule has 76 valence electrons. The molecular formula is C9H18N2O2. The Balaban J connectivity index is 2.32. The highest BCUT2D eigenvalue weighted by Crippen LogP contribution is 2.11. The second-order valence-electron chi connectivity index (χ2n) is 3.82. The van der Waals surface area contributed by atoms with E-state index in [-0.39, 0.29) is 11.9 Å². The van der Waals surface area contributed by atoms with Gasteiger partial charge in [-0.2, -0.15) is 0 Å². The zero-order chi connectivity index (χ0) is 9.84. The average molecular weight is 186 g/mol. The SMILES string of the molecule is COCC(C)CN1CC(N)CC1=O. The molecule has 0 aliphatic carbocycles. The number of likely N-dealkylation sites (tertiary alicyclic amines) is 1. The lowest BCUT2D eigenvalue weighted by Crippen LogP contribution is -2.33. The van der Waals surface area contributed by atoms with Crippen LogP contribution >= 0.6 is 0 Å². The highest BCUT2D eigenvalue weighted by molar-refractivity contribution is 5.79. The quantitative estimate of drug-likeness (QED) is 0.663. The highest BCUT2D eigenvalue weighted by atomic mass is 16.5. The Morgan fingerprint density at radius 2 is 2.46 bits per heavy atom. The zero-order valence-corrected chi connectivity index (χ0v) is 8.32. The predicted octanol–water partition coefficient (Wildman–Crippen LogP) is -0.171. The Hall–Kier alpha value is -0.610. The fourth-order valence-corrected chi connectivity index (χ4v) is 1.69. The molecule has 0 radical (unpaired) electrons. The number of methoxy groups -OCH3 is 1. The van der Waals surface area contributed by atoms with E-state index in [9.17, 15) is 4.79 Å². The molecule has 4 heteroatoms. The van der Waals surface area contributed by atoms with Gasteiger partial charge in [-0.1, -0.05) is 6.92 Å². The fourth-order valence-electron chi connectivity index (χ4n) is 1.69. The van der Waals surface area contributed by atoms with Gasteiger partial charge in [-0.3, -0.25) is 4.79 Å². The standard InChI is InChI=1S/C9H18N2O2/c1-7(6-13-2)4-11-5-8(10)3-9(11)12/h7-8H,3-6,10H2,1-2H3. The zero-order valence-electron chi connectivity index (χ0n) is 8.32. The molecule has 1 rings (SSSR count). The molecule has 0 saturated carbocycles. The van der Waals surface area contributed by atoms with E-state index in [0.29, 0.717) is 25.5 Å². The van der Waals surface area contributed by atoms with Crippen molar-refractivity contribution in [2.75, 3.05) is 26.8 Å². The van der Waals surface area contributed by atoms with Crippen molar-refractivity contribution in [1.82, 2.24) is 4.90 Å². The summed E-state index contributed by atoms with van der Waals surface area (Å²) in [5.74, 6) is 0.565. The molecule has 1 fully saturated rings. The molecule has 1 heterocycles. The van der Waals surface area contributed by atoms with Gasteiger partial charge in [0.05, 0.1) is 6.61 Å². The van der Waals surface area contributed by atoms with Crippen molar-refractivity contribution in [3.63, 3.8) is 0 Å². The number of hydrogen-bond donors (Lipinski definition) is 1. The second-order valence-corrected chi connectivity index (χ2v) is 3.82. The average Bonchev–Trinajstić information content (AvgIpc) is 2.30. The summed E-state index contributed by atoms with van der Waals surface area (Å²) in [6.45, 7) is 4.23. The summed E-state index contributed by atoms with van der Waals surface area (Å²) in [4.78, 5) is 13.2. The molecule has 0 aromatic heterocycles. The second kappa shape index (κ2) is 4.58. The molecule has 1 aliphatic rings. The van der Waals surface area contributed by atoms with Crippen LogP contribution in [0.5, 0.6) is 0 Å². The van der Waals surface area contributed by atoms with Crippen molar-refractivity contribution in [2.24, 2.45) is 11.7 Å². The van der Waals surface area contributed by atoms with Crippen molar-refractivity contribution < 1.29 is 9.53 Å². The van der Waals surface area contributed by atoms with Crippen LogP contribution in [0.25, 0.3) is 0 Å². The lowest BCUT2D eigenvalue weighted by atomic mass is 10.2. The Labute approximate surface area is 79.0 Å². The van der Waals surface area contributed by atoms with Gasteiger partial charge in [0.15, 0.2) is 0 Å². The first-order valence-corrected chi connectivity index (χ1v) is 4.65. The van der Waals surface area contributed by atoms with Crippen molar-refractivity contribution in [2.45, 2.75) is 19.4 Å². The maximum absolute atomic E-state index is 11.3. The molecule has 1 aliphatic heterocycles.